The van der Waals surface area contributed by atoms with E-state index in [1.165, 1.54) is 12.1 Å². The Bertz CT molecular complexity index is 737. The lowest BCUT2D eigenvalue weighted by Gasteiger charge is -2.08. The highest BCUT2D eigenvalue weighted by atomic mass is 35.5. The second kappa shape index (κ2) is 5.76. The van der Waals surface area contributed by atoms with Crippen LogP contribution in [0.5, 0.6) is 0 Å². The van der Waals surface area contributed by atoms with E-state index in [9.17, 15) is 19.3 Å². The fraction of sp³-hybridized carbons (Fsp3) is 0. The third-order valence-corrected chi connectivity index (χ3v) is 2.84. The number of amides is 1. The molecule has 1 amide bonds. The number of carbonyl (C=O) groups excluding carboxylic acids is 1. The largest absolute Gasteiger partial charge is 0.397 e. The van der Waals surface area contributed by atoms with E-state index >= 15 is 0 Å². The Morgan fingerprint density at radius 3 is 2.67 bits per heavy atom. The van der Waals surface area contributed by atoms with Gasteiger partial charge in [-0.25, -0.2) is 4.39 Å². The van der Waals surface area contributed by atoms with Crippen LogP contribution >= 0.6 is 11.6 Å². The highest BCUT2D eigenvalue weighted by Gasteiger charge is 2.15. The molecular weight excluding hydrogens is 301 g/mol. The molecule has 0 radical (unpaired) electrons. The van der Waals surface area contributed by atoms with Crippen LogP contribution in [0.25, 0.3) is 0 Å². The van der Waals surface area contributed by atoms with Crippen LogP contribution < -0.4 is 11.1 Å². The number of rotatable bonds is 3. The Balaban J connectivity index is 2.32. The number of benzene rings is 2. The van der Waals surface area contributed by atoms with Crippen LogP contribution in [0.15, 0.2) is 36.4 Å². The van der Waals surface area contributed by atoms with Crippen molar-refractivity contribution in [2.45, 2.75) is 0 Å². The molecule has 0 saturated heterocycles. The van der Waals surface area contributed by atoms with Crippen molar-refractivity contribution in [3.63, 3.8) is 0 Å². The first-order valence-corrected chi connectivity index (χ1v) is 6.06. The van der Waals surface area contributed by atoms with Gasteiger partial charge in [0.2, 0.25) is 0 Å². The third kappa shape index (κ3) is 3.46. The molecule has 0 unspecified atom stereocenters. The van der Waals surface area contributed by atoms with E-state index in [4.69, 9.17) is 17.3 Å². The zero-order valence-corrected chi connectivity index (χ0v) is 11.2. The summed E-state index contributed by atoms with van der Waals surface area (Å²) in [5, 5.41) is 13.1. The molecule has 3 N–H and O–H groups in total. The summed E-state index contributed by atoms with van der Waals surface area (Å²) in [5.41, 5.74) is 5.50. The Kier molecular flexibility index (Phi) is 4.04. The van der Waals surface area contributed by atoms with Crippen molar-refractivity contribution >= 4 is 34.6 Å². The summed E-state index contributed by atoms with van der Waals surface area (Å²) >= 11 is 5.73. The molecule has 0 aliphatic rings. The third-order valence-electron chi connectivity index (χ3n) is 2.62. The van der Waals surface area contributed by atoms with Crippen molar-refractivity contribution < 1.29 is 14.1 Å². The normalized spacial score (nSPS) is 10.2. The number of nitrogens with one attached hydrogen (secondary N) is 1. The van der Waals surface area contributed by atoms with Crippen molar-refractivity contribution in [1.82, 2.24) is 0 Å². The second-order valence-corrected chi connectivity index (χ2v) is 4.58. The number of hydrogen-bond donors (Lipinski definition) is 2. The van der Waals surface area contributed by atoms with Gasteiger partial charge in [-0.1, -0.05) is 11.6 Å². The maximum absolute atomic E-state index is 13.1. The molecule has 2 aromatic rings. The van der Waals surface area contributed by atoms with Gasteiger partial charge in [0.1, 0.15) is 5.82 Å². The summed E-state index contributed by atoms with van der Waals surface area (Å²) in [6.07, 6.45) is 0. The number of nitro groups is 1. The topological polar surface area (TPSA) is 98.3 Å². The van der Waals surface area contributed by atoms with Gasteiger partial charge < -0.3 is 11.1 Å². The molecule has 0 spiro atoms. The van der Waals surface area contributed by atoms with Gasteiger partial charge in [0, 0.05) is 22.7 Å². The highest BCUT2D eigenvalue weighted by Crippen LogP contribution is 2.23. The van der Waals surface area contributed by atoms with Gasteiger partial charge >= 0.3 is 0 Å². The number of nitrogen functional groups attached to an aromatic ring is 1. The molecule has 6 nitrogen and oxygen atoms in total. The van der Waals surface area contributed by atoms with Crippen LogP contribution in [0.1, 0.15) is 10.4 Å². The zero-order chi connectivity index (χ0) is 15.6. The summed E-state index contributed by atoms with van der Waals surface area (Å²) in [6, 6.07) is 6.94. The fourth-order valence-corrected chi connectivity index (χ4v) is 1.87. The van der Waals surface area contributed by atoms with Crippen LogP contribution in [-0.2, 0) is 0 Å². The molecule has 0 fully saturated rings. The standard InChI is InChI=1S/C13H9ClFN3O3/c14-8-3-7(4-10(5-8)18(20)21)13(19)17-12-6-9(15)1-2-11(12)16/h1-6H,16H2,(H,17,19). The predicted octanol–water partition coefficient (Wildman–Crippen LogP) is 3.22. The van der Waals surface area contributed by atoms with Crippen molar-refractivity contribution in [3.8, 4) is 0 Å². The summed E-state index contributed by atoms with van der Waals surface area (Å²) < 4.78 is 13.1. The van der Waals surface area contributed by atoms with E-state index in [2.05, 4.69) is 5.32 Å². The Morgan fingerprint density at radius 1 is 1.29 bits per heavy atom. The van der Waals surface area contributed by atoms with Gasteiger partial charge in [-0.05, 0) is 24.3 Å². The minimum Gasteiger partial charge on any atom is -0.397 e. The van der Waals surface area contributed by atoms with E-state index in [1.54, 1.807) is 0 Å². The number of nitrogens with zero attached hydrogens (tertiary/aromatic N) is 1. The monoisotopic (exact) mass is 309 g/mol. The van der Waals surface area contributed by atoms with Gasteiger partial charge in [0.25, 0.3) is 11.6 Å². The fourth-order valence-electron chi connectivity index (χ4n) is 1.64. The summed E-state index contributed by atoms with van der Waals surface area (Å²) in [5.74, 6) is -1.26. The number of nitrogens with two attached hydrogens (primary N) is 1. The molecule has 2 rings (SSSR count). The summed E-state index contributed by atoms with van der Waals surface area (Å²) in [7, 11) is 0. The average molecular weight is 310 g/mol. The first-order chi connectivity index (χ1) is 9.86. The SMILES string of the molecule is Nc1ccc(F)cc1NC(=O)c1cc(Cl)cc([N+](=O)[O-])c1. The van der Waals surface area contributed by atoms with Crippen LogP contribution in [0.4, 0.5) is 21.5 Å². The molecule has 0 bridgehead atoms. The van der Waals surface area contributed by atoms with E-state index in [1.807, 2.05) is 0 Å². The molecule has 2 aromatic carbocycles. The predicted molar refractivity (Wildman–Crippen MR) is 76.9 cm³/mol. The van der Waals surface area contributed by atoms with Gasteiger partial charge in [0.05, 0.1) is 16.3 Å². The van der Waals surface area contributed by atoms with E-state index in [-0.39, 0.29) is 27.6 Å². The number of nitro benzene ring substituents is 1. The minimum absolute atomic E-state index is 0.0298. The summed E-state index contributed by atoms with van der Waals surface area (Å²) in [6.45, 7) is 0. The number of hydrogen-bond acceptors (Lipinski definition) is 4. The van der Waals surface area contributed by atoms with E-state index < -0.39 is 16.6 Å². The number of halogens is 2. The minimum atomic E-state index is -0.682. The first-order valence-electron chi connectivity index (χ1n) is 5.68. The maximum atomic E-state index is 13.1. The van der Waals surface area contributed by atoms with Gasteiger partial charge in [-0.3, -0.25) is 14.9 Å². The number of carbonyl (C=O) groups is 1. The van der Waals surface area contributed by atoms with Crippen molar-refractivity contribution in [1.29, 1.82) is 0 Å². The molecule has 0 saturated carbocycles. The lowest BCUT2D eigenvalue weighted by Crippen LogP contribution is -2.13. The smallest absolute Gasteiger partial charge is 0.271 e. The quantitative estimate of drug-likeness (QED) is 0.516. The van der Waals surface area contributed by atoms with E-state index in [0.29, 0.717) is 0 Å². The number of non-ortho nitro benzene ring substituents is 1. The molecule has 0 aromatic heterocycles. The van der Waals surface area contributed by atoms with Crippen LogP contribution in [0.2, 0.25) is 5.02 Å². The molecule has 21 heavy (non-hydrogen) atoms. The molecule has 0 heterocycles. The Hall–Kier alpha value is -2.67. The van der Waals surface area contributed by atoms with Gasteiger partial charge in [0.15, 0.2) is 0 Å². The van der Waals surface area contributed by atoms with E-state index in [0.717, 1.165) is 24.3 Å². The number of anilines is 2. The molecule has 8 heteroatoms. The Morgan fingerprint density at radius 2 is 2.00 bits per heavy atom. The molecule has 0 aliphatic carbocycles. The lowest BCUT2D eigenvalue weighted by atomic mass is 10.1. The average Bonchev–Trinajstić information content (AvgIpc) is 2.42. The summed E-state index contributed by atoms with van der Waals surface area (Å²) in [4.78, 5) is 22.1. The first kappa shape index (κ1) is 14.7. The molecule has 0 atom stereocenters. The van der Waals surface area contributed by atoms with Crippen LogP contribution in [0, 0.1) is 15.9 Å². The van der Waals surface area contributed by atoms with Crippen LogP contribution in [-0.4, -0.2) is 10.8 Å². The lowest BCUT2D eigenvalue weighted by molar-refractivity contribution is -0.384. The van der Waals surface area contributed by atoms with Crippen molar-refractivity contribution in [2.75, 3.05) is 11.1 Å². The Labute approximate surface area is 123 Å². The van der Waals surface area contributed by atoms with Gasteiger partial charge in [-0.2, -0.15) is 0 Å². The second-order valence-electron chi connectivity index (χ2n) is 4.14. The van der Waals surface area contributed by atoms with Crippen molar-refractivity contribution in [2.24, 2.45) is 0 Å². The van der Waals surface area contributed by atoms with Crippen molar-refractivity contribution in [3.05, 3.63) is 62.9 Å². The van der Waals surface area contributed by atoms with Crippen LogP contribution in [0.3, 0.4) is 0 Å². The van der Waals surface area contributed by atoms with Gasteiger partial charge in [-0.15, -0.1) is 0 Å². The zero-order valence-electron chi connectivity index (χ0n) is 10.5. The maximum Gasteiger partial charge on any atom is 0.271 e. The molecule has 0 aliphatic heterocycles. The highest BCUT2D eigenvalue weighted by molar-refractivity contribution is 6.31. The molecular formula is C13H9ClFN3O3. The molecule has 108 valence electrons.